The third kappa shape index (κ3) is 2.13. The highest BCUT2D eigenvalue weighted by molar-refractivity contribution is 6.17. The summed E-state index contributed by atoms with van der Waals surface area (Å²) in [7, 11) is 0. The second-order valence-corrected chi connectivity index (χ2v) is 7.37. The number of rotatable bonds is 4. The van der Waals surface area contributed by atoms with E-state index in [0.717, 1.165) is 32.2 Å². The Bertz CT molecular complexity index is 753. The number of nitrogens with zero attached hydrogens (tertiary/aromatic N) is 1. The Morgan fingerprint density at radius 3 is 3.00 bits per heavy atom. The second kappa shape index (κ2) is 5.55. The summed E-state index contributed by atoms with van der Waals surface area (Å²) in [4.78, 5) is 18.4. The van der Waals surface area contributed by atoms with Gasteiger partial charge in [-0.3, -0.25) is 4.79 Å². The standard InChI is InChI=1S/C19H23ClN2O/c1-2-19(9-5-10-20)12-16(23)22-11-8-14-13-6-3-4-7-15(13)21-17(14)18(19)22/h3-4,6-7,18,21H,2,5,8-12H2,1H3/t18-,19+/m0/s1. The molecule has 2 aliphatic heterocycles. The fourth-order valence-electron chi connectivity index (χ4n) is 4.78. The minimum Gasteiger partial charge on any atom is -0.356 e. The average Bonchev–Trinajstić information content (AvgIpc) is 3.09. The smallest absolute Gasteiger partial charge is 0.223 e. The minimum absolute atomic E-state index is 0.0298. The molecule has 4 rings (SSSR count). The van der Waals surface area contributed by atoms with E-state index in [1.165, 1.54) is 22.2 Å². The molecule has 2 aliphatic rings. The summed E-state index contributed by atoms with van der Waals surface area (Å²) in [5.41, 5.74) is 3.92. The molecule has 0 saturated carbocycles. The Hall–Kier alpha value is -1.48. The van der Waals surface area contributed by atoms with E-state index in [-0.39, 0.29) is 11.5 Å². The largest absolute Gasteiger partial charge is 0.356 e. The highest BCUT2D eigenvalue weighted by Gasteiger charge is 2.53. The van der Waals surface area contributed by atoms with E-state index < -0.39 is 0 Å². The SMILES string of the molecule is CC[C@@]1(CCCCl)CC(=O)N2CCc3c([nH]c4ccccc34)[C@H]21. The van der Waals surface area contributed by atoms with Crippen LogP contribution in [-0.2, 0) is 11.2 Å². The van der Waals surface area contributed by atoms with Crippen LogP contribution in [0, 0.1) is 5.41 Å². The van der Waals surface area contributed by atoms with Crippen molar-refractivity contribution < 1.29 is 4.79 Å². The zero-order chi connectivity index (χ0) is 16.0. The quantitative estimate of drug-likeness (QED) is 0.828. The molecule has 23 heavy (non-hydrogen) atoms. The predicted molar refractivity (Wildman–Crippen MR) is 93.8 cm³/mol. The summed E-state index contributed by atoms with van der Waals surface area (Å²) >= 11 is 5.97. The first-order valence-corrected chi connectivity index (χ1v) is 9.18. The fraction of sp³-hybridized carbons (Fsp3) is 0.526. The second-order valence-electron chi connectivity index (χ2n) is 6.99. The van der Waals surface area contributed by atoms with Gasteiger partial charge in [-0.15, -0.1) is 11.6 Å². The van der Waals surface area contributed by atoms with Crippen molar-refractivity contribution >= 4 is 28.4 Å². The van der Waals surface area contributed by atoms with Crippen LogP contribution in [-0.4, -0.2) is 28.2 Å². The van der Waals surface area contributed by atoms with Crippen LogP contribution < -0.4 is 0 Å². The molecule has 1 N–H and O–H groups in total. The maximum atomic E-state index is 12.7. The van der Waals surface area contributed by atoms with Crippen molar-refractivity contribution in [3.8, 4) is 0 Å². The number of carbonyl (C=O) groups excluding carboxylic acids is 1. The van der Waals surface area contributed by atoms with E-state index in [1.54, 1.807) is 0 Å². The Morgan fingerprint density at radius 2 is 2.22 bits per heavy atom. The lowest BCUT2D eigenvalue weighted by Crippen LogP contribution is -2.38. The van der Waals surface area contributed by atoms with Crippen LogP contribution in [0.1, 0.15) is 49.9 Å². The minimum atomic E-state index is 0.0298. The van der Waals surface area contributed by atoms with Crippen molar-refractivity contribution in [2.45, 2.75) is 45.1 Å². The van der Waals surface area contributed by atoms with E-state index in [1.807, 2.05) is 0 Å². The van der Waals surface area contributed by atoms with Gasteiger partial charge < -0.3 is 9.88 Å². The number of amides is 1. The first-order valence-electron chi connectivity index (χ1n) is 8.65. The number of hydrogen-bond donors (Lipinski definition) is 1. The Kier molecular flexibility index (Phi) is 3.64. The molecule has 1 amide bonds. The number of para-hydroxylation sites is 1. The van der Waals surface area contributed by atoms with Crippen LogP contribution in [0.25, 0.3) is 10.9 Å². The molecule has 2 aromatic rings. The maximum absolute atomic E-state index is 12.7. The van der Waals surface area contributed by atoms with Gasteiger partial charge >= 0.3 is 0 Å². The molecule has 0 aliphatic carbocycles. The maximum Gasteiger partial charge on any atom is 0.223 e. The summed E-state index contributed by atoms with van der Waals surface area (Å²) in [6.45, 7) is 3.07. The summed E-state index contributed by atoms with van der Waals surface area (Å²) in [6, 6.07) is 8.70. The molecule has 122 valence electrons. The van der Waals surface area contributed by atoms with E-state index in [2.05, 4.69) is 41.1 Å². The number of hydrogen-bond acceptors (Lipinski definition) is 1. The van der Waals surface area contributed by atoms with Crippen LogP contribution in [0.4, 0.5) is 0 Å². The normalized spacial score (nSPS) is 26.6. The molecule has 2 atom stereocenters. The van der Waals surface area contributed by atoms with Gasteiger partial charge in [0.05, 0.1) is 6.04 Å². The van der Waals surface area contributed by atoms with Crippen LogP contribution in [0.15, 0.2) is 24.3 Å². The number of nitrogens with one attached hydrogen (secondary N) is 1. The number of benzene rings is 1. The summed E-state index contributed by atoms with van der Waals surface area (Å²) in [5, 5.41) is 1.32. The fourth-order valence-corrected chi connectivity index (χ4v) is 4.92. The van der Waals surface area contributed by atoms with Crippen LogP contribution in [0.3, 0.4) is 0 Å². The summed E-state index contributed by atoms with van der Waals surface area (Å²) < 4.78 is 0. The lowest BCUT2D eigenvalue weighted by molar-refractivity contribution is -0.129. The van der Waals surface area contributed by atoms with Crippen molar-refractivity contribution in [2.75, 3.05) is 12.4 Å². The predicted octanol–water partition coefficient (Wildman–Crippen LogP) is 4.41. The molecule has 3 nitrogen and oxygen atoms in total. The van der Waals surface area contributed by atoms with E-state index in [9.17, 15) is 4.79 Å². The average molecular weight is 331 g/mol. The Balaban J connectivity index is 1.86. The zero-order valence-electron chi connectivity index (χ0n) is 13.6. The van der Waals surface area contributed by atoms with Crippen molar-refractivity contribution in [3.05, 3.63) is 35.5 Å². The van der Waals surface area contributed by atoms with Gasteiger partial charge in [-0.1, -0.05) is 25.1 Å². The van der Waals surface area contributed by atoms with Crippen molar-refractivity contribution in [2.24, 2.45) is 5.41 Å². The molecule has 0 bridgehead atoms. The molecule has 1 fully saturated rings. The number of H-pyrrole nitrogens is 1. The highest BCUT2D eigenvalue weighted by Crippen LogP contribution is 2.55. The monoisotopic (exact) mass is 330 g/mol. The summed E-state index contributed by atoms with van der Waals surface area (Å²) in [5.74, 6) is 0.984. The Morgan fingerprint density at radius 1 is 1.39 bits per heavy atom. The van der Waals surface area contributed by atoms with E-state index in [4.69, 9.17) is 11.6 Å². The number of halogens is 1. The topological polar surface area (TPSA) is 36.1 Å². The number of alkyl halides is 1. The van der Waals surface area contributed by atoms with Crippen LogP contribution in [0.2, 0.25) is 0 Å². The molecule has 4 heteroatoms. The molecule has 1 saturated heterocycles. The van der Waals surface area contributed by atoms with Crippen molar-refractivity contribution in [3.63, 3.8) is 0 Å². The first-order chi connectivity index (χ1) is 11.2. The van der Waals surface area contributed by atoms with Crippen molar-refractivity contribution in [1.82, 2.24) is 9.88 Å². The summed E-state index contributed by atoms with van der Waals surface area (Å²) in [6.07, 6.45) is 4.64. The zero-order valence-corrected chi connectivity index (χ0v) is 14.3. The number of carbonyl (C=O) groups is 1. The van der Waals surface area contributed by atoms with Gasteiger partial charge in [0.15, 0.2) is 0 Å². The number of fused-ring (bicyclic) bond motifs is 5. The molecule has 1 aromatic carbocycles. The molecule has 1 aromatic heterocycles. The number of aromatic amines is 1. The molecule has 3 heterocycles. The lowest BCUT2D eigenvalue weighted by atomic mass is 9.71. The van der Waals surface area contributed by atoms with Gasteiger partial charge in [-0.05, 0) is 37.3 Å². The van der Waals surface area contributed by atoms with E-state index >= 15 is 0 Å². The molecular weight excluding hydrogens is 308 g/mol. The molecule has 0 radical (unpaired) electrons. The molecule has 0 unspecified atom stereocenters. The van der Waals surface area contributed by atoms with Crippen LogP contribution >= 0.6 is 11.6 Å². The van der Waals surface area contributed by atoms with Gasteiger partial charge in [0, 0.05) is 40.9 Å². The molecular formula is C19H23ClN2O. The van der Waals surface area contributed by atoms with E-state index in [0.29, 0.717) is 18.2 Å². The highest BCUT2D eigenvalue weighted by atomic mass is 35.5. The van der Waals surface area contributed by atoms with Gasteiger partial charge in [0.25, 0.3) is 0 Å². The molecule has 0 spiro atoms. The Labute approximate surface area is 142 Å². The third-order valence-electron chi connectivity index (χ3n) is 5.95. The third-order valence-corrected chi connectivity index (χ3v) is 6.22. The van der Waals surface area contributed by atoms with Gasteiger partial charge in [0.1, 0.15) is 0 Å². The van der Waals surface area contributed by atoms with Crippen molar-refractivity contribution in [1.29, 1.82) is 0 Å². The number of aromatic nitrogens is 1. The lowest BCUT2D eigenvalue weighted by Gasteiger charge is -2.40. The van der Waals surface area contributed by atoms with Gasteiger partial charge in [0.2, 0.25) is 5.91 Å². The van der Waals surface area contributed by atoms with Crippen LogP contribution in [0.5, 0.6) is 0 Å². The first kappa shape index (κ1) is 15.1. The van der Waals surface area contributed by atoms with Gasteiger partial charge in [-0.25, -0.2) is 0 Å². The van der Waals surface area contributed by atoms with Gasteiger partial charge in [-0.2, -0.15) is 0 Å².